The molecule has 0 saturated heterocycles. The van der Waals surface area contributed by atoms with Gasteiger partial charge in [-0.15, -0.1) is 0 Å². The molecule has 1 unspecified atom stereocenters. The first-order chi connectivity index (χ1) is 10.3. The Morgan fingerprint density at radius 1 is 1.00 bits per heavy atom. The highest BCUT2D eigenvalue weighted by atomic mass is 16.5. The lowest BCUT2D eigenvalue weighted by Gasteiger charge is -2.27. The lowest BCUT2D eigenvalue weighted by Crippen LogP contribution is -2.31. The third-order valence-electron chi connectivity index (χ3n) is 5.20. The summed E-state index contributed by atoms with van der Waals surface area (Å²) in [5.41, 5.74) is 13.2. The fourth-order valence-electron chi connectivity index (χ4n) is 3.61. The molecule has 0 saturated carbocycles. The molecule has 1 aliphatic rings. The fourth-order valence-corrected chi connectivity index (χ4v) is 3.61. The van der Waals surface area contributed by atoms with Crippen LogP contribution in [0.4, 0.5) is 5.69 Å². The number of fused-ring (bicyclic) bond motifs is 1. The monoisotopic (exact) mass is 295 g/mol. The summed E-state index contributed by atoms with van der Waals surface area (Å²) in [6.07, 6.45) is 0.991. The van der Waals surface area contributed by atoms with Gasteiger partial charge in [0.25, 0.3) is 0 Å². The molecule has 0 amide bonds. The number of nitrogens with two attached hydrogens (primary N) is 1. The van der Waals surface area contributed by atoms with Crippen LogP contribution in [0.3, 0.4) is 0 Å². The maximum absolute atomic E-state index is 6.35. The molecule has 2 nitrogen and oxygen atoms in total. The van der Waals surface area contributed by atoms with Gasteiger partial charge in [0.05, 0.1) is 0 Å². The number of ether oxygens (including phenoxy) is 1. The lowest BCUT2D eigenvalue weighted by atomic mass is 9.79. The SMILES string of the molecule is Cc1c(C)c2c(c(C)c1N)OC(C)(C)C2Cc1ccccc1. The summed E-state index contributed by atoms with van der Waals surface area (Å²) >= 11 is 0. The average Bonchev–Trinajstić information content (AvgIpc) is 2.76. The van der Waals surface area contributed by atoms with Crippen LogP contribution in [0.1, 0.15) is 47.6 Å². The van der Waals surface area contributed by atoms with Gasteiger partial charge in [-0.05, 0) is 57.7 Å². The first-order valence-electron chi connectivity index (χ1n) is 7.95. The fraction of sp³-hybridized carbons (Fsp3) is 0.400. The Bertz CT molecular complexity index is 716. The molecule has 2 N–H and O–H groups in total. The summed E-state index contributed by atoms with van der Waals surface area (Å²) in [6.45, 7) is 10.7. The van der Waals surface area contributed by atoms with Crippen molar-refractivity contribution in [3.05, 3.63) is 58.1 Å². The van der Waals surface area contributed by atoms with Crippen LogP contribution in [0.25, 0.3) is 0 Å². The minimum absolute atomic E-state index is 0.214. The van der Waals surface area contributed by atoms with E-state index in [0.29, 0.717) is 5.92 Å². The molecule has 1 heterocycles. The van der Waals surface area contributed by atoms with Crippen LogP contribution in [0.2, 0.25) is 0 Å². The number of nitrogen functional groups attached to an aromatic ring is 1. The largest absolute Gasteiger partial charge is 0.487 e. The molecule has 0 radical (unpaired) electrons. The van der Waals surface area contributed by atoms with Crippen molar-refractivity contribution in [1.29, 1.82) is 0 Å². The molecule has 0 bridgehead atoms. The second kappa shape index (κ2) is 5.05. The van der Waals surface area contributed by atoms with Gasteiger partial charge in [0.15, 0.2) is 0 Å². The molecule has 3 rings (SSSR count). The Hall–Kier alpha value is -1.96. The van der Waals surface area contributed by atoms with E-state index in [4.69, 9.17) is 10.5 Å². The second-order valence-corrected chi connectivity index (χ2v) is 6.98. The number of hydrogen-bond donors (Lipinski definition) is 1. The van der Waals surface area contributed by atoms with Gasteiger partial charge in [0.1, 0.15) is 11.4 Å². The van der Waals surface area contributed by atoms with E-state index < -0.39 is 0 Å². The molecule has 0 aromatic heterocycles. The number of hydrogen-bond acceptors (Lipinski definition) is 2. The van der Waals surface area contributed by atoms with Crippen LogP contribution in [-0.2, 0) is 6.42 Å². The quantitative estimate of drug-likeness (QED) is 0.816. The first kappa shape index (κ1) is 15.0. The van der Waals surface area contributed by atoms with E-state index in [2.05, 4.69) is 65.0 Å². The van der Waals surface area contributed by atoms with Crippen molar-refractivity contribution in [1.82, 2.24) is 0 Å². The van der Waals surface area contributed by atoms with Crippen molar-refractivity contribution < 1.29 is 4.74 Å². The molecule has 0 aliphatic carbocycles. The Kier molecular flexibility index (Phi) is 3.43. The van der Waals surface area contributed by atoms with Crippen molar-refractivity contribution in [3.63, 3.8) is 0 Å². The van der Waals surface area contributed by atoms with Crippen LogP contribution in [-0.4, -0.2) is 5.60 Å². The minimum atomic E-state index is -0.214. The van der Waals surface area contributed by atoms with Crippen molar-refractivity contribution in [2.24, 2.45) is 0 Å². The molecule has 0 fully saturated rings. The van der Waals surface area contributed by atoms with Gasteiger partial charge in [-0.2, -0.15) is 0 Å². The van der Waals surface area contributed by atoms with Crippen LogP contribution >= 0.6 is 0 Å². The molecule has 0 spiro atoms. The van der Waals surface area contributed by atoms with Gasteiger partial charge in [0.2, 0.25) is 0 Å². The zero-order chi connectivity index (χ0) is 16.1. The van der Waals surface area contributed by atoms with E-state index in [1.54, 1.807) is 0 Å². The molecule has 116 valence electrons. The highest BCUT2D eigenvalue weighted by Crippen LogP contribution is 2.51. The van der Waals surface area contributed by atoms with Crippen molar-refractivity contribution in [2.75, 3.05) is 5.73 Å². The van der Waals surface area contributed by atoms with Crippen LogP contribution in [0, 0.1) is 20.8 Å². The predicted molar refractivity (Wildman–Crippen MR) is 92.7 cm³/mol. The summed E-state index contributed by atoms with van der Waals surface area (Å²) in [5, 5.41) is 0. The summed E-state index contributed by atoms with van der Waals surface area (Å²) in [6, 6.07) is 10.7. The average molecular weight is 295 g/mol. The van der Waals surface area contributed by atoms with Gasteiger partial charge < -0.3 is 10.5 Å². The molecule has 22 heavy (non-hydrogen) atoms. The zero-order valence-electron chi connectivity index (χ0n) is 14.2. The third kappa shape index (κ3) is 2.18. The minimum Gasteiger partial charge on any atom is -0.487 e. The van der Waals surface area contributed by atoms with Gasteiger partial charge in [0, 0.05) is 22.7 Å². The van der Waals surface area contributed by atoms with E-state index in [-0.39, 0.29) is 5.60 Å². The molecular formula is C20H25NO. The maximum atomic E-state index is 6.35. The standard InChI is InChI=1S/C20H25NO/c1-12-13(2)18(21)14(3)19-17(12)16(20(4,5)22-19)11-15-9-7-6-8-10-15/h6-10,16H,11,21H2,1-5H3. The molecule has 1 aliphatic heterocycles. The Labute approximate surface area is 133 Å². The third-order valence-corrected chi connectivity index (χ3v) is 5.20. The second-order valence-electron chi connectivity index (χ2n) is 6.98. The van der Waals surface area contributed by atoms with E-state index in [1.165, 1.54) is 22.3 Å². The lowest BCUT2D eigenvalue weighted by molar-refractivity contribution is 0.109. The summed E-state index contributed by atoms with van der Waals surface area (Å²) in [7, 11) is 0. The molecule has 2 heteroatoms. The predicted octanol–water partition coefficient (Wildman–Crippen LogP) is 4.69. The molecule has 1 atom stereocenters. The highest BCUT2D eigenvalue weighted by molar-refractivity contribution is 5.68. The van der Waals surface area contributed by atoms with E-state index in [9.17, 15) is 0 Å². The van der Waals surface area contributed by atoms with Crippen LogP contribution in [0.15, 0.2) is 30.3 Å². The van der Waals surface area contributed by atoms with Crippen molar-refractivity contribution >= 4 is 5.69 Å². The number of benzene rings is 2. The van der Waals surface area contributed by atoms with Gasteiger partial charge in [-0.3, -0.25) is 0 Å². The van der Waals surface area contributed by atoms with Crippen molar-refractivity contribution in [3.8, 4) is 5.75 Å². The number of anilines is 1. The van der Waals surface area contributed by atoms with E-state index in [1.807, 2.05) is 0 Å². The van der Waals surface area contributed by atoms with Crippen molar-refractivity contribution in [2.45, 2.75) is 52.6 Å². The van der Waals surface area contributed by atoms with Gasteiger partial charge in [-0.25, -0.2) is 0 Å². The smallest absolute Gasteiger partial charge is 0.129 e. The topological polar surface area (TPSA) is 35.2 Å². The van der Waals surface area contributed by atoms with Crippen LogP contribution < -0.4 is 10.5 Å². The summed E-state index contributed by atoms with van der Waals surface area (Å²) in [5.74, 6) is 1.36. The zero-order valence-corrected chi connectivity index (χ0v) is 14.2. The number of rotatable bonds is 2. The summed E-state index contributed by atoms with van der Waals surface area (Å²) < 4.78 is 6.35. The Morgan fingerprint density at radius 2 is 1.64 bits per heavy atom. The molecule has 2 aromatic rings. The van der Waals surface area contributed by atoms with Gasteiger partial charge in [-0.1, -0.05) is 30.3 Å². The Balaban J connectivity index is 2.14. The van der Waals surface area contributed by atoms with E-state index in [0.717, 1.165) is 23.4 Å². The normalized spacial score (nSPS) is 18.9. The highest BCUT2D eigenvalue weighted by Gasteiger charge is 2.43. The summed E-state index contributed by atoms with van der Waals surface area (Å²) in [4.78, 5) is 0. The van der Waals surface area contributed by atoms with E-state index >= 15 is 0 Å². The first-order valence-corrected chi connectivity index (χ1v) is 7.95. The van der Waals surface area contributed by atoms with Gasteiger partial charge >= 0.3 is 0 Å². The maximum Gasteiger partial charge on any atom is 0.129 e. The molecule has 2 aromatic carbocycles. The molecular weight excluding hydrogens is 270 g/mol. The van der Waals surface area contributed by atoms with Crippen LogP contribution in [0.5, 0.6) is 5.75 Å². The Morgan fingerprint density at radius 3 is 2.27 bits per heavy atom.